The molecule has 0 aromatic carbocycles. The first-order valence-corrected chi connectivity index (χ1v) is 3.40. The Bertz CT molecular complexity index is 228. The quantitative estimate of drug-likeness (QED) is 0.524. The Hall–Kier alpha value is -1.30. The van der Waals surface area contributed by atoms with Gasteiger partial charge in [0.1, 0.15) is 0 Å². The summed E-state index contributed by atoms with van der Waals surface area (Å²) >= 11 is 0. The van der Waals surface area contributed by atoms with Gasteiger partial charge in [-0.3, -0.25) is 9.80 Å². The Kier molecular flexibility index (Phi) is 2.18. The van der Waals surface area contributed by atoms with Gasteiger partial charge in [-0.2, -0.15) is 0 Å². The van der Waals surface area contributed by atoms with E-state index in [1.807, 2.05) is 0 Å². The molecule has 1 fully saturated rings. The Balaban J connectivity index is 2.85. The summed E-state index contributed by atoms with van der Waals surface area (Å²) in [6, 6.07) is 0.116. The second kappa shape index (κ2) is 2.98. The maximum absolute atomic E-state index is 11.0. The molecular formula is C6H11N3O3. The molecule has 0 spiro atoms. The van der Waals surface area contributed by atoms with Crippen LogP contribution in [-0.2, 0) is 4.74 Å². The van der Waals surface area contributed by atoms with Crippen LogP contribution in [0.2, 0.25) is 0 Å². The molecule has 1 heterocycles. The van der Waals surface area contributed by atoms with Gasteiger partial charge in [-0.15, -0.1) is 0 Å². The van der Waals surface area contributed by atoms with E-state index in [1.165, 1.54) is 19.0 Å². The van der Waals surface area contributed by atoms with Gasteiger partial charge >= 0.3 is 6.09 Å². The fraction of sp³-hybridized carbons (Fsp3) is 0.667. The second-order valence-corrected chi connectivity index (χ2v) is 2.44. The summed E-state index contributed by atoms with van der Waals surface area (Å²) in [5.74, 6) is 0. The minimum Gasteiger partial charge on any atom is -0.376 e. The molecule has 0 aromatic heterocycles. The number of hydrogen-bond donors (Lipinski definition) is 1. The van der Waals surface area contributed by atoms with Crippen molar-refractivity contribution in [3.63, 3.8) is 0 Å². The van der Waals surface area contributed by atoms with Gasteiger partial charge in [0.2, 0.25) is 6.35 Å². The summed E-state index contributed by atoms with van der Waals surface area (Å²) < 4.78 is 4.73. The maximum atomic E-state index is 11.0. The molecular weight excluding hydrogens is 162 g/mol. The highest BCUT2D eigenvalue weighted by atomic mass is 16.6. The van der Waals surface area contributed by atoms with E-state index in [-0.39, 0.29) is 6.02 Å². The molecule has 1 N–H and O–H groups in total. The van der Waals surface area contributed by atoms with E-state index >= 15 is 0 Å². The Labute approximate surface area is 70.0 Å². The number of aliphatic imine (C=N–C) groups is 1. The number of ether oxygens (including phenoxy) is 1. The molecule has 0 bridgehead atoms. The number of amides is 1. The number of hydrogen-bond acceptors (Lipinski definition) is 4. The molecule has 12 heavy (non-hydrogen) atoms. The van der Waals surface area contributed by atoms with Gasteiger partial charge in [-0.05, 0) is 0 Å². The molecule has 1 rings (SSSR count). The standard InChI is InChI=1S/C6H11N3O3/c1-7-4-8(2)5(10)9(3)6(11)12-4/h5,10H,1-3H3/b7-4-. The minimum absolute atomic E-state index is 0.116. The van der Waals surface area contributed by atoms with Crippen LogP contribution in [0.1, 0.15) is 0 Å². The van der Waals surface area contributed by atoms with Crippen LogP contribution in [0.4, 0.5) is 4.79 Å². The highest BCUT2D eigenvalue weighted by Gasteiger charge is 2.32. The zero-order valence-electron chi connectivity index (χ0n) is 7.18. The van der Waals surface area contributed by atoms with Crippen molar-refractivity contribution in [3.8, 4) is 0 Å². The number of carbonyl (C=O) groups is 1. The predicted octanol–water partition coefficient (Wildman–Crippen LogP) is -0.738. The van der Waals surface area contributed by atoms with Crippen molar-refractivity contribution in [2.24, 2.45) is 4.99 Å². The number of nitrogens with zero attached hydrogens (tertiary/aromatic N) is 3. The SMILES string of the molecule is C/N=C1\OC(=O)N(C)C(O)N1C. The fourth-order valence-electron chi connectivity index (χ4n) is 0.878. The molecule has 1 atom stereocenters. The average Bonchev–Trinajstić information content (AvgIpc) is 2.08. The van der Waals surface area contributed by atoms with Gasteiger partial charge in [-0.1, -0.05) is 0 Å². The largest absolute Gasteiger partial charge is 0.420 e. The third-order valence-electron chi connectivity index (χ3n) is 1.65. The number of cyclic esters (lactones) is 1. The summed E-state index contributed by atoms with van der Waals surface area (Å²) in [6.07, 6.45) is -1.62. The zero-order valence-corrected chi connectivity index (χ0v) is 7.18. The molecule has 0 aromatic rings. The van der Waals surface area contributed by atoms with Crippen LogP contribution in [-0.4, -0.2) is 54.5 Å². The lowest BCUT2D eigenvalue weighted by atomic mass is 10.6. The van der Waals surface area contributed by atoms with Gasteiger partial charge in [-0.25, -0.2) is 9.79 Å². The number of rotatable bonds is 0. The van der Waals surface area contributed by atoms with Crippen LogP contribution in [0.25, 0.3) is 0 Å². The second-order valence-electron chi connectivity index (χ2n) is 2.44. The smallest absolute Gasteiger partial charge is 0.376 e. The average molecular weight is 173 g/mol. The van der Waals surface area contributed by atoms with Gasteiger partial charge in [0.15, 0.2) is 0 Å². The summed E-state index contributed by atoms with van der Waals surface area (Å²) in [5, 5.41) is 9.39. The van der Waals surface area contributed by atoms with Crippen molar-refractivity contribution in [1.29, 1.82) is 0 Å². The normalized spacial score (nSPS) is 27.8. The Morgan fingerprint density at radius 1 is 1.50 bits per heavy atom. The van der Waals surface area contributed by atoms with E-state index < -0.39 is 12.4 Å². The summed E-state index contributed by atoms with van der Waals surface area (Å²) in [6.45, 7) is 0. The number of amidine groups is 1. The topological polar surface area (TPSA) is 65.4 Å². The first-order chi connectivity index (χ1) is 5.57. The monoisotopic (exact) mass is 173 g/mol. The minimum atomic E-state index is -1.01. The number of carbonyl (C=O) groups excluding carboxylic acids is 1. The molecule has 6 nitrogen and oxygen atoms in total. The van der Waals surface area contributed by atoms with Crippen molar-refractivity contribution in [2.45, 2.75) is 6.35 Å². The third-order valence-corrected chi connectivity index (χ3v) is 1.65. The third kappa shape index (κ3) is 1.20. The van der Waals surface area contributed by atoms with Crippen LogP contribution >= 0.6 is 0 Å². The molecule has 0 radical (unpaired) electrons. The lowest BCUT2D eigenvalue weighted by Gasteiger charge is -2.36. The summed E-state index contributed by atoms with van der Waals surface area (Å²) in [4.78, 5) is 17.0. The Morgan fingerprint density at radius 3 is 2.58 bits per heavy atom. The molecule has 1 saturated heterocycles. The van der Waals surface area contributed by atoms with Crippen molar-refractivity contribution in [3.05, 3.63) is 0 Å². The van der Waals surface area contributed by atoms with E-state index in [4.69, 9.17) is 4.74 Å². The summed E-state index contributed by atoms with van der Waals surface area (Å²) in [7, 11) is 4.50. The predicted molar refractivity (Wildman–Crippen MR) is 41.4 cm³/mol. The van der Waals surface area contributed by atoms with E-state index in [2.05, 4.69) is 4.99 Å². The van der Waals surface area contributed by atoms with Crippen molar-refractivity contribution in [2.75, 3.05) is 21.1 Å². The van der Waals surface area contributed by atoms with Crippen LogP contribution < -0.4 is 0 Å². The molecule has 1 amide bonds. The first kappa shape index (κ1) is 8.79. The highest BCUT2D eigenvalue weighted by molar-refractivity contribution is 5.88. The Morgan fingerprint density at radius 2 is 2.08 bits per heavy atom. The van der Waals surface area contributed by atoms with E-state index in [9.17, 15) is 9.90 Å². The van der Waals surface area contributed by atoms with Crippen molar-refractivity contribution in [1.82, 2.24) is 9.80 Å². The van der Waals surface area contributed by atoms with Gasteiger partial charge < -0.3 is 9.84 Å². The maximum Gasteiger partial charge on any atom is 0.420 e. The lowest BCUT2D eigenvalue weighted by molar-refractivity contribution is -0.0726. The molecule has 68 valence electrons. The van der Waals surface area contributed by atoms with E-state index in [0.717, 1.165) is 4.90 Å². The van der Waals surface area contributed by atoms with Crippen LogP contribution in [0, 0.1) is 0 Å². The number of aliphatic hydroxyl groups is 1. The highest BCUT2D eigenvalue weighted by Crippen LogP contribution is 2.09. The molecule has 1 aliphatic rings. The van der Waals surface area contributed by atoms with Crippen LogP contribution in [0.5, 0.6) is 0 Å². The van der Waals surface area contributed by atoms with E-state index in [1.54, 1.807) is 7.05 Å². The molecule has 1 aliphatic heterocycles. The molecule has 1 unspecified atom stereocenters. The van der Waals surface area contributed by atoms with Gasteiger partial charge in [0.05, 0.1) is 0 Å². The van der Waals surface area contributed by atoms with Crippen molar-refractivity contribution < 1.29 is 14.6 Å². The van der Waals surface area contributed by atoms with E-state index in [0.29, 0.717) is 0 Å². The first-order valence-electron chi connectivity index (χ1n) is 3.40. The van der Waals surface area contributed by atoms with Crippen molar-refractivity contribution >= 4 is 12.1 Å². The molecule has 6 heteroatoms. The van der Waals surface area contributed by atoms with Crippen LogP contribution in [0.15, 0.2) is 4.99 Å². The van der Waals surface area contributed by atoms with Gasteiger partial charge in [0.25, 0.3) is 6.02 Å². The lowest BCUT2D eigenvalue weighted by Crippen LogP contribution is -2.56. The van der Waals surface area contributed by atoms with Crippen LogP contribution in [0.3, 0.4) is 0 Å². The molecule has 0 saturated carbocycles. The summed E-state index contributed by atoms with van der Waals surface area (Å²) in [5.41, 5.74) is 0. The fourth-order valence-corrected chi connectivity index (χ4v) is 0.878. The molecule has 0 aliphatic carbocycles. The van der Waals surface area contributed by atoms with Gasteiger partial charge in [0, 0.05) is 21.1 Å². The zero-order chi connectivity index (χ0) is 9.30. The number of aliphatic hydroxyl groups excluding tert-OH is 1.